The van der Waals surface area contributed by atoms with Crippen LogP contribution in [0.5, 0.6) is 0 Å². The molecule has 0 aromatic carbocycles. The van der Waals surface area contributed by atoms with Gasteiger partial charge in [-0.15, -0.1) is 0 Å². The normalized spacial score (nSPS) is 14.0. The van der Waals surface area contributed by atoms with Crippen LogP contribution in [0.4, 0.5) is 0 Å². The summed E-state index contributed by atoms with van der Waals surface area (Å²) < 4.78 is 32.8. The van der Waals surface area contributed by atoms with Crippen molar-refractivity contribution in [3.63, 3.8) is 0 Å². The summed E-state index contributed by atoms with van der Waals surface area (Å²) in [6, 6.07) is 0. The Morgan fingerprint density at radius 3 is 1.11 bits per heavy atom. The number of ether oxygens (including phenoxy) is 2. The van der Waals surface area contributed by atoms with Crippen molar-refractivity contribution in [1.82, 2.24) is 0 Å². The molecule has 0 amide bonds. The quantitative estimate of drug-likeness (QED) is 0.0264. The van der Waals surface area contributed by atoms with Crippen LogP contribution in [0.1, 0.15) is 232 Å². The number of rotatable bonds is 53. The number of phosphoric ester groups is 1. The second kappa shape index (κ2) is 57.7. The third-order valence-corrected chi connectivity index (χ3v) is 12.8. The summed E-state index contributed by atoms with van der Waals surface area (Å²) >= 11 is 0. The Bertz CT molecular complexity index is 1600. The number of unbranched alkanes of at least 4 members (excludes halogenated alkanes) is 20. The van der Waals surface area contributed by atoms with Crippen LogP contribution in [0.25, 0.3) is 0 Å². The highest BCUT2D eigenvalue weighted by Gasteiger charge is 2.26. The van der Waals surface area contributed by atoms with E-state index in [-0.39, 0.29) is 32.6 Å². The molecule has 0 rings (SSSR count). The summed E-state index contributed by atoms with van der Waals surface area (Å²) in [4.78, 5) is 35.0. The van der Waals surface area contributed by atoms with Gasteiger partial charge < -0.3 is 20.1 Å². The van der Waals surface area contributed by atoms with E-state index in [2.05, 4.69) is 123 Å². The fourth-order valence-electron chi connectivity index (χ4n) is 7.65. The first-order chi connectivity index (χ1) is 35.8. The maximum Gasteiger partial charge on any atom is 0.472 e. The second-order valence-electron chi connectivity index (χ2n) is 18.7. The molecule has 9 nitrogen and oxygen atoms in total. The number of allylic oxidation sites excluding steroid dienone is 20. The Morgan fingerprint density at radius 1 is 0.411 bits per heavy atom. The Balaban J connectivity index is 3.85. The zero-order valence-electron chi connectivity index (χ0n) is 46.3. The summed E-state index contributed by atoms with van der Waals surface area (Å²) in [5.41, 5.74) is 5.36. The Morgan fingerprint density at radius 2 is 0.740 bits per heavy atom. The summed E-state index contributed by atoms with van der Waals surface area (Å²) in [7, 11) is -4.40. The molecule has 0 aliphatic heterocycles. The predicted molar refractivity (Wildman–Crippen MR) is 311 cm³/mol. The second-order valence-corrected chi connectivity index (χ2v) is 20.2. The summed E-state index contributed by atoms with van der Waals surface area (Å²) in [6.45, 7) is 3.42. The van der Waals surface area contributed by atoms with Gasteiger partial charge in [-0.25, -0.2) is 4.57 Å². The van der Waals surface area contributed by atoms with Gasteiger partial charge in [-0.1, -0.05) is 251 Å². The standard InChI is InChI=1S/C63H106NO8P/c1-3-5-7-9-11-13-15-17-18-19-20-21-22-23-24-25-26-27-28-29-30-31-32-33-34-35-36-37-38-39-40-41-42-44-46-48-50-52-54-56-63(66)72-61(60-71-73(67,68)70-58-57-64)59-69-62(65)55-53-51-49-47-45-43-16-14-12-10-8-6-4-2/h5-8,11-14,17-18,20-21,23-24,26-27,43,45,49,51,61H,3-4,9-10,15-16,19,22,25,28-42,44,46-48,50,52-60,64H2,1-2H3,(H,67,68)/b7-5-,8-6-,13-11-,14-12-,18-17-,21-20-,24-23-,27-26-,45-43-,51-49-. The predicted octanol–water partition coefficient (Wildman–Crippen LogP) is 18.4. The van der Waals surface area contributed by atoms with Crippen LogP contribution in [-0.4, -0.2) is 49.3 Å². The first kappa shape index (κ1) is 69.4. The topological polar surface area (TPSA) is 134 Å². The third kappa shape index (κ3) is 57.5. The van der Waals surface area contributed by atoms with Gasteiger partial charge >= 0.3 is 19.8 Å². The van der Waals surface area contributed by atoms with Crippen molar-refractivity contribution in [2.75, 3.05) is 26.4 Å². The lowest BCUT2D eigenvalue weighted by atomic mass is 10.0. The number of phosphoric acid groups is 1. The molecule has 416 valence electrons. The minimum Gasteiger partial charge on any atom is -0.462 e. The van der Waals surface area contributed by atoms with Gasteiger partial charge in [0, 0.05) is 19.4 Å². The minimum absolute atomic E-state index is 0.0407. The summed E-state index contributed by atoms with van der Waals surface area (Å²) in [5.74, 6) is -0.924. The molecule has 0 aliphatic rings. The van der Waals surface area contributed by atoms with Crippen molar-refractivity contribution in [2.45, 2.75) is 238 Å². The molecule has 0 heterocycles. The molecule has 0 saturated heterocycles. The average Bonchev–Trinajstić information content (AvgIpc) is 3.38. The zero-order chi connectivity index (χ0) is 53.1. The van der Waals surface area contributed by atoms with E-state index in [9.17, 15) is 19.0 Å². The molecule has 2 unspecified atom stereocenters. The molecule has 73 heavy (non-hydrogen) atoms. The zero-order valence-corrected chi connectivity index (χ0v) is 47.2. The van der Waals surface area contributed by atoms with Gasteiger partial charge in [-0.2, -0.15) is 0 Å². The number of nitrogens with two attached hydrogens (primary N) is 1. The molecular weight excluding hydrogens is 930 g/mol. The third-order valence-electron chi connectivity index (χ3n) is 11.9. The molecule has 0 radical (unpaired) electrons. The lowest BCUT2D eigenvalue weighted by Gasteiger charge is -2.19. The van der Waals surface area contributed by atoms with E-state index in [4.69, 9.17) is 24.3 Å². The average molecular weight is 1040 g/mol. The number of carbonyl (C=O) groups excluding carboxylic acids is 2. The number of hydrogen-bond acceptors (Lipinski definition) is 8. The maximum absolute atomic E-state index is 12.7. The van der Waals surface area contributed by atoms with Crippen molar-refractivity contribution in [3.8, 4) is 0 Å². The van der Waals surface area contributed by atoms with Gasteiger partial charge in [0.2, 0.25) is 0 Å². The number of esters is 2. The van der Waals surface area contributed by atoms with Gasteiger partial charge in [0.15, 0.2) is 6.10 Å². The van der Waals surface area contributed by atoms with Crippen molar-refractivity contribution >= 4 is 19.8 Å². The fraction of sp³-hybridized carbons (Fsp3) is 0.651. The lowest BCUT2D eigenvalue weighted by Crippen LogP contribution is -2.29. The summed E-state index contributed by atoms with van der Waals surface area (Å²) in [5, 5.41) is 0. The van der Waals surface area contributed by atoms with Crippen molar-refractivity contribution < 1.29 is 37.6 Å². The van der Waals surface area contributed by atoms with Crippen molar-refractivity contribution in [3.05, 3.63) is 122 Å². The Kier molecular flexibility index (Phi) is 54.8. The van der Waals surface area contributed by atoms with Crippen molar-refractivity contribution in [1.29, 1.82) is 0 Å². The number of carbonyl (C=O) groups is 2. The molecule has 2 atom stereocenters. The van der Waals surface area contributed by atoms with E-state index in [1.807, 2.05) is 12.2 Å². The highest BCUT2D eigenvalue weighted by Crippen LogP contribution is 2.43. The molecular formula is C63H106NO8P. The lowest BCUT2D eigenvalue weighted by molar-refractivity contribution is -0.161. The van der Waals surface area contributed by atoms with Crippen LogP contribution in [0, 0.1) is 0 Å². The van der Waals surface area contributed by atoms with Crippen LogP contribution in [0.2, 0.25) is 0 Å². The van der Waals surface area contributed by atoms with Gasteiger partial charge in [0.25, 0.3) is 0 Å². The first-order valence-electron chi connectivity index (χ1n) is 29.0. The molecule has 0 fully saturated rings. The monoisotopic (exact) mass is 1040 g/mol. The van der Waals surface area contributed by atoms with Crippen LogP contribution < -0.4 is 5.73 Å². The van der Waals surface area contributed by atoms with E-state index in [0.717, 1.165) is 83.5 Å². The van der Waals surface area contributed by atoms with E-state index >= 15 is 0 Å². The van der Waals surface area contributed by atoms with Crippen LogP contribution in [-0.2, 0) is 32.7 Å². The smallest absolute Gasteiger partial charge is 0.462 e. The molecule has 0 spiro atoms. The molecule has 3 N–H and O–H groups in total. The summed E-state index contributed by atoms with van der Waals surface area (Å²) in [6.07, 6.45) is 80.2. The van der Waals surface area contributed by atoms with Gasteiger partial charge in [0.05, 0.1) is 13.2 Å². The van der Waals surface area contributed by atoms with Crippen LogP contribution in [0.15, 0.2) is 122 Å². The Labute approximate surface area is 447 Å². The van der Waals surface area contributed by atoms with E-state index in [0.29, 0.717) is 12.8 Å². The van der Waals surface area contributed by atoms with Gasteiger partial charge in [-0.05, 0) is 89.9 Å². The molecule has 0 aliphatic carbocycles. The molecule has 0 saturated carbocycles. The van der Waals surface area contributed by atoms with Crippen molar-refractivity contribution in [2.24, 2.45) is 5.73 Å². The van der Waals surface area contributed by atoms with Crippen LogP contribution >= 0.6 is 7.82 Å². The first-order valence-corrected chi connectivity index (χ1v) is 30.5. The van der Waals surface area contributed by atoms with E-state index < -0.39 is 32.5 Å². The minimum atomic E-state index is -4.40. The molecule has 0 aromatic rings. The van der Waals surface area contributed by atoms with Gasteiger partial charge in [-0.3, -0.25) is 18.6 Å². The van der Waals surface area contributed by atoms with E-state index in [1.54, 1.807) is 0 Å². The molecule has 10 heteroatoms. The van der Waals surface area contributed by atoms with Crippen LogP contribution in [0.3, 0.4) is 0 Å². The SMILES string of the molecule is CC/C=C\C/C=C\C/C=C\C/C=C\C/C=C\C/C=C\CCCCCCCCCCCCCCCCCCCCCCC(=O)OC(COC(=O)CC/C=C\C/C=C\C/C=C\C/C=C\CC)COP(=O)(O)OCCN. The van der Waals surface area contributed by atoms with Gasteiger partial charge in [0.1, 0.15) is 6.61 Å². The Hall–Kier alpha value is -3.59. The molecule has 0 bridgehead atoms. The highest BCUT2D eigenvalue weighted by atomic mass is 31.2. The highest BCUT2D eigenvalue weighted by molar-refractivity contribution is 7.47. The largest absolute Gasteiger partial charge is 0.472 e. The fourth-order valence-corrected chi connectivity index (χ4v) is 8.42. The molecule has 0 aromatic heterocycles. The maximum atomic E-state index is 12.7. The number of hydrogen-bond donors (Lipinski definition) is 2. The van der Waals surface area contributed by atoms with E-state index in [1.165, 1.54) is 109 Å².